The fourth-order valence-electron chi connectivity index (χ4n) is 1.73. The second kappa shape index (κ2) is 10.4. The first-order valence-corrected chi connectivity index (χ1v) is 7.23. The highest BCUT2D eigenvalue weighted by Gasteiger charge is 2.04. The summed E-state index contributed by atoms with van der Waals surface area (Å²) in [7, 11) is 1.61. The number of nitrogens with one attached hydrogen (secondary N) is 1. The zero-order valence-electron chi connectivity index (χ0n) is 12.5. The monoisotopic (exact) mass is 279 g/mol. The minimum absolute atomic E-state index is 0.0968. The third-order valence-corrected chi connectivity index (χ3v) is 2.98. The first kappa shape index (κ1) is 16.7. The van der Waals surface area contributed by atoms with Gasteiger partial charge in [-0.15, -0.1) is 0 Å². The van der Waals surface area contributed by atoms with Crippen molar-refractivity contribution in [3.63, 3.8) is 0 Å². The number of hydrogen-bond donors (Lipinski definition) is 1. The van der Waals surface area contributed by atoms with Crippen molar-refractivity contribution >= 4 is 5.78 Å². The molecule has 0 aliphatic rings. The molecule has 0 unspecified atom stereocenters. The lowest BCUT2D eigenvalue weighted by molar-refractivity contribution is 0.0986. The van der Waals surface area contributed by atoms with Gasteiger partial charge in [-0.2, -0.15) is 0 Å². The molecule has 1 aromatic rings. The second-order valence-corrected chi connectivity index (χ2v) is 4.65. The van der Waals surface area contributed by atoms with Crippen LogP contribution >= 0.6 is 0 Å². The molecule has 0 aliphatic carbocycles. The van der Waals surface area contributed by atoms with E-state index in [4.69, 9.17) is 9.47 Å². The summed E-state index contributed by atoms with van der Waals surface area (Å²) in [4.78, 5) is 11.9. The zero-order chi connectivity index (χ0) is 14.6. The molecular formula is C16H25NO3. The highest BCUT2D eigenvalue weighted by Crippen LogP contribution is 2.11. The maximum atomic E-state index is 11.9. The standard InChI is InChI=1S/C16H25NO3/c1-3-4-11-20-12-5-10-17-13-16(18)14-6-8-15(19-2)9-7-14/h6-9,17H,3-5,10-13H2,1-2H3. The number of ether oxygens (including phenoxy) is 2. The van der Waals surface area contributed by atoms with Gasteiger partial charge in [0.1, 0.15) is 5.75 Å². The normalized spacial score (nSPS) is 10.5. The Labute approximate surface area is 121 Å². The van der Waals surface area contributed by atoms with Gasteiger partial charge in [0.15, 0.2) is 5.78 Å². The van der Waals surface area contributed by atoms with E-state index in [-0.39, 0.29) is 5.78 Å². The Bertz CT molecular complexity index is 376. The molecule has 0 atom stereocenters. The molecule has 0 saturated carbocycles. The molecule has 20 heavy (non-hydrogen) atoms. The smallest absolute Gasteiger partial charge is 0.176 e. The Morgan fingerprint density at radius 2 is 1.85 bits per heavy atom. The number of Topliss-reactive ketones (excluding diaryl/α,β-unsaturated/α-hetero) is 1. The Kier molecular flexibility index (Phi) is 8.67. The number of methoxy groups -OCH3 is 1. The van der Waals surface area contributed by atoms with Crippen LogP contribution in [0.4, 0.5) is 0 Å². The first-order chi connectivity index (χ1) is 9.77. The van der Waals surface area contributed by atoms with Crippen molar-refractivity contribution in [3.8, 4) is 5.75 Å². The molecular weight excluding hydrogens is 254 g/mol. The molecule has 0 bridgehead atoms. The summed E-state index contributed by atoms with van der Waals surface area (Å²) in [6.45, 7) is 4.90. The molecule has 112 valence electrons. The van der Waals surface area contributed by atoms with Crippen molar-refractivity contribution in [2.45, 2.75) is 26.2 Å². The summed E-state index contributed by atoms with van der Waals surface area (Å²) < 4.78 is 10.5. The van der Waals surface area contributed by atoms with E-state index >= 15 is 0 Å². The van der Waals surface area contributed by atoms with E-state index in [1.165, 1.54) is 0 Å². The van der Waals surface area contributed by atoms with Crippen LogP contribution in [0.5, 0.6) is 5.75 Å². The third-order valence-electron chi connectivity index (χ3n) is 2.98. The number of hydrogen-bond acceptors (Lipinski definition) is 4. The lowest BCUT2D eigenvalue weighted by Gasteiger charge is -2.06. The minimum Gasteiger partial charge on any atom is -0.497 e. The first-order valence-electron chi connectivity index (χ1n) is 7.23. The van der Waals surface area contributed by atoms with E-state index in [9.17, 15) is 4.79 Å². The molecule has 4 nitrogen and oxygen atoms in total. The van der Waals surface area contributed by atoms with Crippen LogP contribution in [0.15, 0.2) is 24.3 Å². The van der Waals surface area contributed by atoms with Crippen molar-refractivity contribution in [3.05, 3.63) is 29.8 Å². The highest BCUT2D eigenvalue weighted by atomic mass is 16.5. The van der Waals surface area contributed by atoms with Crippen LogP contribution in [-0.4, -0.2) is 39.2 Å². The fraction of sp³-hybridized carbons (Fsp3) is 0.562. The molecule has 1 rings (SSSR count). The van der Waals surface area contributed by atoms with E-state index < -0.39 is 0 Å². The van der Waals surface area contributed by atoms with Crippen LogP contribution in [0.2, 0.25) is 0 Å². The molecule has 0 heterocycles. The van der Waals surface area contributed by atoms with Gasteiger partial charge in [-0.3, -0.25) is 4.79 Å². The van der Waals surface area contributed by atoms with Crippen LogP contribution in [0.3, 0.4) is 0 Å². The number of unbranched alkanes of at least 4 members (excludes halogenated alkanes) is 1. The van der Waals surface area contributed by atoms with Crippen molar-refractivity contribution in [1.82, 2.24) is 5.32 Å². The summed E-state index contributed by atoms with van der Waals surface area (Å²) in [6, 6.07) is 7.18. The van der Waals surface area contributed by atoms with Gasteiger partial charge < -0.3 is 14.8 Å². The van der Waals surface area contributed by atoms with Crippen molar-refractivity contribution < 1.29 is 14.3 Å². The molecule has 4 heteroatoms. The van der Waals surface area contributed by atoms with Crippen LogP contribution in [0.25, 0.3) is 0 Å². The number of ketones is 1. The summed E-state index contributed by atoms with van der Waals surface area (Å²) in [5.41, 5.74) is 0.706. The predicted molar refractivity (Wildman–Crippen MR) is 80.5 cm³/mol. The van der Waals surface area contributed by atoms with E-state index in [1.807, 2.05) is 0 Å². The SMILES string of the molecule is CCCCOCCCNCC(=O)c1ccc(OC)cc1. The van der Waals surface area contributed by atoms with Gasteiger partial charge in [0.2, 0.25) is 0 Å². The van der Waals surface area contributed by atoms with Crippen LogP contribution < -0.4 is 10.1 Å². The van der Waals surface area contributed by atoms with Gasteiger partial charge in [0, 0.05) is 18.8 Å². The molecule has 0 fully saturated rings. The van der Waals surface area contributed by atoms with Crippen molar-refractivity contribution in [1.29, 1.82) is 0 Å². The lowest BCUT2D eigenvalue weighted by Crippen LogP contribution is -2.24. The Morgan fingerprint density at radius 1 is 1.15 bits per heavy atom. The third kappa shape index (κ3) is 6.68. The quantitative estimate of drug-likeness (QED) is 0.500. The topological polar surface area (TPSA) is 47.6 Å². The van der Waals surface area contributed by atoms with Gasteiger partial charge in [-0.1, -0.05) is 13.3 Å². The maximum Gasteiger partial charge on any atom is 0.176 e. The van der Waals surface area contributed by atoms with Gasteiger partial charge >= 0.3 is 0 Å². The zero-order valence-corrected chi connectivity index (χ0v) is 12.5. The maximum absolute atomic E-state index is 11.9. The van der Waals surface area contributed by atoms with E-state index in [1.54, 1.807) is 31.4 Å². The van der Waals surface area contributed by atoms with Crippen LogP contribution in [0, 0.1) is 0 Å². The predicted octanol–water partition coefficient (Wildman–Crippen LogP) is 2.67. The number of rotatable bonds is 11. The Morgan fingerprint density at radius 3 is 2.50 bits per heavy atom. The highest BCUT2D eigenvalue weighted by molar-refractivity contribution is 5.97. The molecule has 0 amide bonds. The van der Waals surface area contributed by atoms with Crippen molar-refractivity contribution in [2.75, 3.05) is 33.4 Å². The van der Waals surface area contributed by atoms with Gasteiger partial charge in [0.25, 0.3) is 0 Å². The van der Waals surface area contributed by atoms with E-state index in [0.29, 0.717) is 12.1 Å². The van der Waals surface area contributed by atoms with E-state index in [0.717, 1.165) is 44.8 Å². The fourth-order valence-corrected chi connectivity index (χ4v) is 1.73. The average Bonchev–Trinajstić information content (AvgIpc) is 2.50. The number of benzene rings is 1. The number of carbonyl (C=O) groups excluding carboxylic acids is 1. The van der Waals surface area contributed by atoms with Crippen LogP contribution in [0.1, 0.15) is 36.5 Å². The largest absolute Gasteiger partial charge is 0.497 e. The second-order valence-electron chi connectivity index (χ2n) is 4.65. The molecule has 0 spiro atoms. The van der Waals surface area contributed by atoms with Gasteiger partial charge in [-0.05, 0) is 43.7 Å². The Balaban J connectivity index is 2.10. The Hall–Kier alpha value is -1.39. The minimum atomic E-state index is 0.0968. The molecule has 1 N–H and O–H groups in total. The van der Waals surface area contributed by atoms with Gasteiger partial charge in [-0.25, -0.2) is 0 Å². The number of carbonyl (C=O) groups is 1. The molecule has 0 aromatic heterocycles. The molecule has 0 radical (unpaired) electrons. The summed E-state index contributed by atoms with van der Waals surface area (Å²) in [5.74, 6) is 0.860. The molecule has 1 aromatic carbocycles. The summed E-state index contributed by atoms with van der Waals surface area (Å²) in [6.07, 6.45) is 3.21. The molecule has 0 saturated heterocycles. The van der Waals surface area contributed by atoms with E-state index in [2.05, 4.69) is 12.2 Å². The lowest BCUT2D eigenvalue weighted by atomic mass is 10.1. The summed E-state index contributed by atoms with van der Waals surface area (Å²) >= 11 is 0. The van der Waals surface area contributed by atoms with Crippen molar-refractivity contribution in [2.24, 2.45) is 0 Å². The summed E-state index contributed by atoms with van der Waals surface area (Å²) in [5, 5.41) is 3.14. The molecule has 0 aliphatic heterocycles. The van der Waals surface area contributed by atoms with Gasteiger partial charge in [0.05, 0.1) is 13.7 Å². The van der Waals surface area contributed by atoms with Crippen LogP contribution in [-0.2, 0) is 4.74 Å². The average molecular weight is 279 g/mol.